The molecule has 2 aromatic rings. The quantitative estimate of drug-likeness (QED) is 0.475. The van der Waals surface area contributed by atoms with Crippen LogP contribution in [-0.2, 0) is 30.8 Å². The predicted molar refractivity (Wildman–Crippen MR) is 149 cm³/mol. The number of sulfonamides is 1. The van der Waals surface area contributed by atoms with Gasteiger partial charge in [0.1, 0.15) is 23.4 Å². The number of carbonyl (C=O) groups is 3. The summed E-state index contributed by atoms with van der Waals surface area (Å²) < 4.78 is 38.6. The zero-order valence-electron chi connectivity index (χ0n) is 23.0. The van der Waals surface area contributed by atoms with E-state index in [1.807, 2.05) is 6.92 Å². The van der Waals surface area contributed by atoms with Crippen LogP contribution in [0.5, 0.6) is 5.75 Å². The standard InChI is InChI=1S/C27H35N3O7S2/c1-18-7-13-21(14-8-18)39(34,35)30-17-38-16-23(30)24(31)28-22(25(32)37-27(2,3)4)15-19-9-11-20(12-10-19)36-26(33)29(5)6/h7-14,22-23H,15-17H2,1-6H3,(H,28,31)/t22-,23-/m0/s1. The summed E-state index contributed by atoms with van der Waals surface area (Å²) in [6.45, 7) is 7.03. The first-order valence-corrected chi connectivity index (χ1v) is 14.9. The van der Waals surface area contributed by atoms with Gasteiger partial charge in [0.25, 0.3) is 0 Å². The number of nitrogens with zero attached hydrogens (tertiary/aromatic N) is 2. The van der Waals surface area contributed by atoms with Gasteiger partial charge in [-0.1, -0.05) is 29.8 Å². The molecule has 0 spiro atoms. The molecule has 0 bridgehead atoms. The average Bonchev–Trinajstić information content (AvgIpc) is 3.35. The number of carbonyl (C=O) groups excluding carboxylic acids is 3. The normalized spacial score (nSPS) is 16.8. The Morgan fingerprint density at radius 3 is 2.26 bits per heavy atom. The Hall–Kier alpha value is -3.09. The zero-order valence-corrected chi connectivity index (χ0v) is 24.6. The first kappa shape index (κ1) is 30.5. The Labute approximate surface area is 234 Å². The van der Waals surface area contributed by atoms with Gasteiger partial charge in [-0.3, -0.25) is 4.79 Å². The number of esters is 1. The van der Waals surface area contributed by atoms with Crippen LogP contribution in [0.15, 0.2) is 53.4 Å². The molecular formula is C27H35N3O7S2. The summed E-state index contributed by atoms with van der Waals surface area (Å²) in [5.74, 6) is -0.515. The van der Waals surface area contributed by atoms with Crippen molar-refractivity contribution in [1.29, 1.82) is 0 Å². The van der Waals surface area contributed by atoms with Crippen molar-refractivity contribution in [2.24, 2.45) is 0 Å². The molecule has 1 N–H and O–H groups in total. The number of hydrogen-bond donors (Lipinski definition) is 1. The Bertz CT molecular complexity index is 1290. The topological polar surface area (TPSA) is 122 Å². The van der Waals surface area contributed by atoms with E-state index < -0.39 is 45.7 Å². The van der Waals surface area contributed by atoms with Crippen molar-refractivity contribution >= 4 is 39.8 Å². The second-order valence-electron chi connectivity index (χ2n) is 10.4. The summed E-state index contributed by atoms with van der Waals surface area (Å²) in [5, 5.41) is 2.73. The SMILES string of the molecule is Cc1ccc(S(=O)(=O)N2CSC[C@H]2C(=O)N[C@@H](Cc2ccc(OC(=O)N(C)C)cc2)C(=O)OC(C)(C)C)cc1. The van der Waals surface area contributed by atoms with Crippen LogP contribution in [0.1, 0.15) is 31.9 Å². The van der Waals surface area contributed by atoms with Crippen LogP contribution in [-0.4, -0.2) is 79.0 Å². The number of hydrogen-bond acceptors (Lipinski definition) is 8. The van der Waals surface area contributed by atoms with E-state index in [9.17, 15) is 22.8 Å². The molecule has 212 valence electrons. The second kappa shape index (κ2) is 12.4. The minimum atomic E-state index is -3.92. The summed E-state index contributed by atoms with van der Waals surface area (Å²) in [5.41, 5.74) is 0.804. The fraction of sp³-hybridized carbons (Fsp3) is 0.444. The molecule has 12 heteroatoms. The third-order valence-corrected chi connectivity index (χ3v) is 8.76. The van der Waals surface area contributed by atoms with Crippen molar-refractivity contribution in [2.75, 3.05) is 25.7 Å². The molecule has 0 saturated carbocycles. The van der Waals surface area contributed by atoms with E-state index in [1.54, 1.807) is 71.3 Å². The summed E-state index contributed by atoms with van der Waals surface area (Å²) in [6.07, 6.45) is -0.436. The van der Waals surface area contributed by atoms with Crippen LogP contribution in [0.3, 0.4) is 0 Å². The first-order valence-electron chi connectivity index (χ1n) is 12.3. The molecule has 0 unspecified atom stereocenters. The fourth-order valence-electron chi connectivity index (χ4n) is 3.67. The number of thioether (sulfide) groups is 1. The van der Waals surface area contributed by atoms with Gasteiger partial charge in [0.05, 0.1) is 10.8 Å². The molecule has 1 fully saturated rings. The van der Waals surface area contributed by atoms with E-state index in [0.29, 0.717) is 11.3 Å². The van der Waals surface area contributed by atoms with Crippen LogP contribution in [0.4, 0.5) is 4.79 Å². The Balaban J connectivity index is 1.79. The first-order chi connectivity index (χ1) is 18.2. The third-order valence-electron chi connectivity index (χ3n) is 5.71. The lowest BCUT2D eigenvalue weighted by molar-refractivity contribution is -0.158. The second-order valence-corrected chi connectivity index (χ2v) is 13.3. The molecule has 1 heterocycles. The van der Waals surface area contributed by atoms with Crippen LogP contribution < -0.4 is 10.1 Å². The summed E-state index contributed by atoms with van der Waals surface area (Å²) in [7, 11) is -0.783. The molecule has 2 aromatic carbocycles. The number of amides is 2. The Morgan fingerprint density at radius 1 is 1.08 bits per heavy atom. The lowest BCUT2D eigenvalue weighted by atomic mass is 10.0. The van der Waals surface area contributed by atoms with Crippen LogP contribution in [0, 0.1) is 6.92 Å². The van der Waals surface area contributed by atoms with Crippen molar-refractivity contribution in [1.82, 2.24) is 14.5 Å². The lowest BCUT2D eigenvalue weighted by Crippen LogP contribution is -2.53. The molecule has 1 aliphatic rings. The molecule has 3 rings (SSSR count). The number of ether oxygens (including phenoxy) is 2. The van der Waals surface area contributed by atoms with Crippen molar-refractivity contribution in [3.05, 3.63) is 59.7 Å². The average molecular weight is 578 g/mol. The van der Waals surface area contributed by atoms with E-state index in [1.165, 1.54) is 28.8 Å². The van der Waals surface area contributed by atoms with Gasteiger partial charge < -0.3 is 19.7 Å². The molecule has 0 aromatic heterocycles. The van der Waals surface area contributed by atoms with E-state index in [4.69, 9.17) is 9.47 Å². The Morgan fingerprint density at radius 2 is 1.69 bits per heavy atom. The predicted octanol–water partition coefficient (Wildman–Crippen LogP) is 3.19. The molecule has 1 saturated heterocycles. The van der Waals surface area contributed by atoms with E-state index >= 15 is 0 Å². The molecule has 2 amide bonds. The minimum absolute atomic E-state index is 0.0904. The maximum Gasteiger partial charge on any atom is 0.414 e. The summed E-state index contributed by atoms with van der Waals surface area (Å²) in [4.78, 5) is 39.7. The van der Waals surface area contributed by atoms with E-state index in [2.05, 4.69) is 5.32 Å². The van der Waals surface area contributed by atoms with Gasteiger partial charge in [0.15, 0.2) is 0 Å². The van der Waals surface area contributed by atoms with Crippen LogP contribution in [0.25, 0.3) is 0 Å². The van der Waals surface area contributed by atoms with Gasteiger partial charge >= 0.3 is 12.1 Å². The number of benzene rings is 2. The van der Waals surface area contributed by atoms with Crippen molar-refractivity contribution in [3.8, 4) is 5.75 Å². The largest absolute Gasteiger partial charge is 0.458 e. The highest BCUT2D eigenvalue weighted by molar-refractivity contribution is 8.00. The smallest absolute Gasteiger partial charge is 0.414 e. The highest BCUT2D eigenvalue weighted by Gasteiger charge is 2.41. The van der Waals surface area contributed by atoms with Gasteiger partial charge in [0, 0.05) is 26.3 Å². The summed E-state index contributed by atoms with van der Waals surface area (Å²) in [6, 6.07) is 10.9. The van der Waals surface area contributed by atoms with Gasteiger partial charge in [-0.2, -0.15) is 4.31 Å². The lowest BCUT2D eigenvalue weighted by Gasteiger charge is -2.27. The number of aryl methyl sites for hydroxylation is 1. The van der Waals surface area contributed by atoms with Crippen molar-refractivity contribution in [3.63, 3.8) is 0 Å². The molecule has 0 radical (unpaired) electrons. The highest BCUT2D eigenvalue weighted by Crippen LogP contribution is 2.29. The van der Waals surface area contributed by atoms with Gasteiger partial charge in [-0.15, -0.1) is 11.8 Å². The van der Waals surface area contributed by atoms with Crippen LogP contribution in [0.2, 0.25) is 0 Å². The molecular weight excluding hydrogens is 542 g/mol. The van der Waals surface area contributed by atoms with Crippen molar-refractivity contribution in [2.45, 2.75) is 56.7 Å². The van der Waals surface area contributed by atoms with Gasteiger partial charge in [0.2, 0.25) is 15.9 Å². The van der Waals surface area contributed by atoms with Crippen molar-refractivity contribution < 1.29 is 32.3 Å². The highest BCUT2D eigenvalue weighted by atomic mass is 32.2. The monoisotopic (exact) mass is 577 g/mol. The summed E-state index contributed by atoms with van der Waals surface area (Å²) >= 11 is 1.33. The fourth-order valence-corrected chi connectivity index (χ4v) is 6.82. The number of rotatable bonds is 8. The van der Waals surface area contributed by atoms with Crippen LogP contribution >= 0.6 is 11.8 Å². The molecule has 0 aliphatic carbocycles. The molecule has 39 heavy (non-hydrogen) atoms. The maximum absolute atomic E-state index is 13.4. The zero-order chi connectivity index (χ0) is 29.0. The molecule has 2 atom stereocenters. The van der Waals surface area contributed by atoms with Gasteiger partial charge in [-0.25, -0.2) is 18.0 Å². The van der Waals surface area contributed by atoms with Gasteiger partial charge in [-0.05, 0) is 57.5 Å². The van der Waals surface area contributed by atoms with E-state index in [-0.39, 0.29) is 22.9 Å². The molecule has 10 nitrogen and oxygen atoms in total. The minimum Gasteiger partial charge on any atom is -0.458 e. The Kier molecular flexibility index (Phi) is 9.68. The maximum atomic E-state index is 13.4. The molecule has 1 aliphatic heterocycles. The third kappa shape index (κ3) is 8.20. The van der Waals surface area contributed by atoms with E-state index in [0.717, 1.165) is 9.87 Å². The number of nitrogens with one attached hydrogen (secondary N) is 1.